The molecule has 2 saturated heterocycles. The van der Waals surface area contributed by atoms with Crippen molar-refractivity contribution in [2.24, 2.45) is 5.41 Å². The van der Waals surface area contributed by atoms with Crippen LogP contribution in [0.4, 0.5) is 4.39 Å². The topological polar surface area (TPSA) is 32.8 Å². The van der Waals surface area contributed by atoms with E-state index >= 15 is 0 Å². The number of carbonyl (C=O) groups is 1. The van der Waals surface area contributed by atoms with Gasteiger partial charge in [0.05, 0.1) is 12.5 Å². The van der Waals surface area contributed by atoms with Gasteiger partial charge in [-0.1, -0.05) is 24.3 Å². The summed E-state index contributed by atoms with van der Waals surface area (Å²) in [5, 5.41) is 0. The van der Waals surface area contributed by atoms with E-state index in [0.717, 1.165) is 50.3 Å². The van der Waals surface area contributed by atoms with E-state index in [-0.39, 0.29) is 17.1 Å². The molecular weight excluding hydrogens is 343 g/mol. The van der Waals surface area contributed by atoms with E-state index in [1.165, 1.54) is 17.7 Å². The molecule has 4 rings (SSSR count). The van der Waals surface area contributed by atoms with Crippen LogP contribution >= 0.6 is 0 Å². The van der Waals surface area contributed by atoms with E-state index < -0.39 is 0 Å². The summed E-state index contributed by atoms with van der Waals surface area (Å²) in [5.74, 6) is 0.833. The molecule has 2 aliphatic heterocycles. The fourth-order valence-electron chi connectivity index (χ4n) is 4.36. The van der Waals surface area contributed by atoms with E-state index in [1.54, 1.807) is 13.2 Å². The van der Waals surface area contributed by atoms with Gasteiger partial charge in [-0.15, -0.1) is 0 Å². The number of amides is 1. The Balaban J connectivity index is 1.38. The first-order valence-electron chi connectivity index (χ1n) is 9.47. The first-order valence-corrected chi connectivity index (χ1v) is 9.47. The molecule has 142 valence electrons. The third-order valence-electron chi connectivity index (χ3n) is 5.86. The smallest absolute Gasteiger partial charge is 0.230 e. The minimum Gasteiger partial charge on any atom is -0.497 e. The number of hydrogen-bond acceptors (Lipinski definition) is 3. The Bertz CT molecular complexity index is 823. The lowest BCUT2D eigenvalue weighted by molar-refractivity contribution is -0.136. The van der Waals surface area contributed by atoms with E-state index in [4.69, 9.17) is 4.74 Å². The zero-order valence-electron chi connectivity index (χ0n) is 15.7. The number of hydrogen-bond donors (Lipinski definition) is 0. The molecule has 1 atom stereocenters. The van der Waals surface area contributed by atoms with Gasteiger partial charge in [-0.25, -0.2) is 4.39 Å². The second-order valence-corrected chi connectivity index (χ2v) is 7.70. The van der Waals surface area contributed by atoms with E-state index in [9.17, 15) is 9.18 Å². The van der Waals surface area contributed by atoms with Crippen molar-refractivity contribution in [1.29, 1.82) is 0 Å². The van der Waals surface area contributed by atoms with Crippen molar-refractivity contribution in [2.75, 3.05) is 26.7 Å². The van der Waals surface area contributed by atoms with Crippen molar-refractivity contribution in [3.05, 3.63) is 65.5 Å². The van der Waals surface area contributed by atoms with Gasteiger partial charge < -0.3 is 9.64 Å². The lowest BCUT2D eigenvalue weighted by Crippen LogP contribution is -2.36. The van der Waals surface area contributed by atoms with Crippen LogP contribution in [-0.2, 0) is 17.9 Å². The van der Waals surface area contributed by atoms with Crippen LogP contribution in [0.1, 0.15) is 24.0 Å². The largest absolute Gasteiger partial charge is 0.497 e. The lowest BCUT2D eigenvalue weighted by atomic mass is 9.85. The van der Waals surface area contributed by atoms with Crippen LogP contribution in [0.3, 0.4) is 0 Å². The molecule has 2 aliphatic rings. The van der Waals surface area contributed by atoms with Gasteiger partial charge in [0.25, 0.3) is 0 Å². The molecule has 0 aliphatic carbocycles. The number of methoxy groups -OCH3 is 1. The average Bonchev–Trinajstić information content (AvgIpc) is 3.21. The Hall–Kier alpha value is -2.40. The van der Waals surface area contributed by atoms with Crippen LogP contribution < -0.4 is 4.74 Å². The molecule has 5 heteroatoms. The lowest BCUT2D eigenvalue weighted by Gasteiger charge is -2.24. The highest BCUT2D eigenvalue weighted by Crippen LogP contribution is 2.41. The normalized spacial score (nSPS) is 22.7. The molecule has 2 aromatic carbocycles. The quantitative estimate of drug-likeness (QED) is 0.810. The summed E-state index contributed by atoms with van der Waals surface area (Å²) in [4.78, 5) is 17.4. The molecule has 0 aromatic heterocycles. The fourth-order valence-corrected chi connectivity index (χ4v) is 4.36. The Labute approximate surface area is 159 Å². The number of likely N-dealkylation sites (tertiary alicyclic amines) is 2. The van der Waals surface area contributed by atoms with Crippen LogP contribution in [0.15, 0.2) is 48.5 Å². The Morgan fingerprint density at radius 3 is 2.56 bits per heavy atom. The van der Waals surface area contributed by atoms with Crippen molar-refractivity contribution < 1.29 is 13.9 Å². The van der Waals surface area contributed by atoms with Crippen molar-refractivity contribution in [3.63, 3.8) is 0 Å². The van der Waals surface area contributed by atoms with Gasteiger partial charge in [-0.2, -0.15) is 0 Å². The Morgan fingerprint density at radius 2 is 1.81 bits per heavy atom. The highest BCUT2D eigenvalue weighted by atomic mass is 19.1. The zero-order valence-corrected chi connectivity index (χ0v) is 15.7. The maximum absolute atomic E-state index is 13.4. The first-order chi connectivity index (χ1) is 13.1. The van der Waals surface area contributed by atoms with Gasteiger partial charge in [0, 0.05) is 26.2 Å². The van der Waals surface area contributed by atoms with Crippen molar-refractivity contribution in [3.8, 4) is 5.75 Å². The minimum absolute atomic E-state index is 0.226. The predicted molar refractivity (Wildman–Crippen MR) is 102 cm³/mol. The van der Waals surface area contributed by atoms with Gasteiger partial charge in [0.15, 0.2) is 0 Å². The van der Waals surface area contributed by atoms with Gasteiger partial charge in [-0.05, 0) is 54.8 Å². The fraction of sp³-hybridized carbons (Fsp3) is 0.409. The molecule has 4 nitrogen and oxygen atoms in total. The number of halogens is 1. The highest BCUT2D eigenvalue weighted by molar-refractivity contribution is 5.85. The number of benzene rings is 2. The molecule has 27 heavy (non-hydrogen) atoms. The second kappa shape index (κ2) is 7.31. The number of carbonyl (C=O) groups excluding carboxylic acids is 1. The molecular formula is C22H25FN2O2. The van der Waals surface area contributed by atoms with Crippen molar-refractivity contribution in [2.45, 2.75) is 25.9 Å². The van der Waals surface area contributed by atoms with Gasteiger partial charge in [0.1, 0.15) is 11.6 Å². The summed E-state index contributed by atoms with van der Waals surface area (Å²) in [6.45, 7) is 3.84. The van der Waals surface area contributed by atoms with Crippen molar-refractivity contribution >= 4 is 5.91 Å². The molecule has 2 aromatic rings. The third-order valence-corrected chi connectivity index (χ3v) is 5.86. The SMILES string of the molecule is COc1ccc(CN2CC[C@]3(CCN(Cc4cccc(F)c4)C3=O)C2)cc1. The maximum Gasteiger partial charge on any atom is 0.230 e. The maximum atomic E-state index is 13.4. The van der Waals surface area contributed by atoms with Crippen LogP contribution in [0.5, 0.6) is 5.75 Å². The predicted octanol–water partition coefficient (Wildman–Crippen LogP) is 3.46. The molecule has 1 amide bonds. The molecule has 2 fully saturated rings. The van der Waals surface area contributed by atoms with E-state index in [2.05, 4.69) is 17.0 Å². The van der Waals surface area contributed by atoms with Crippen LogP contribution in [0.25, 0.3) is 0 Å². The molecule has 1 spiro atoms. The summed E-state index contributed by atoms with van der Waals surface area (Å²) in [6, 6.07) is 14.6. The average molecular weight is 368 g/mol. The molecule has 0 saturated carbocycles. The van der Waals surface area contributed by atoms with Crippen LogP contribution in [-0.4, -0.2) is 42.5 Å². The number of ether oxygens (including phenoxy) is 1. The van der Waals surface area contributed by atoms with Gasteiger partial charge >= 0.3 is 0 Å². The molecule has 0 unspecified atom stereocenters. The number of nitrogens with zero attached hydrogens (tertiary/aromatic N) is 2. The minimum atomic E-state index is -0.264. The second-order valence-electron chi connectivity index (χ2n) is 7.70. The van der Waals surface area contributed by atoms with Crippen LogP contribution in [0.2, 0.25) is 0 Å². The highest BCUT2D eigenvalue weighted by Gasteiger charge is 2.50. The Kier molecular flexibility index (Phi) is 4.87. The Morgan fingerprint density at radius 1 is 1.04 bits per heavy atom. The monoisotopic (exact) mass is 368 g/mol. The summed E-state index contributed by atoms with van der Waals surface area (Å²) >= 11 is 0. The molecule has 0 bridgehead atoms. The molecule has 2 heterocycles. The summed E-state index contributed by atoms with van der Waals surface area (Å²) < 4.78 is 18.6. The summed E-state index contributed by atoms with van der Waals surface area (Å²) in [7, 11) is 1.67. The van der Waals surface area contributed by atoms with Crippen molar-refractivity contribution in [1.82, 2.24) is 9.80 Å². The molecule has 0 N–H and O–H groups in total. The van der Waals surface area contributed by atoms with Gasteiger partial charge in [0.2, 0.25) is 5.91 Å². The van der Waals surface area contributed by atoms with E-state index in [0.29, 0.717) is 6.54 Å². The first kappa shape index (κ1) is 18.0. The standard InChI is InChI=1S/C22H25FN2O2/c1-27-20-7-5-17(6-8-20)14-24-11-9-22(16-24)10-12-25(21(22)26)15-18-3-2-4-19(23)13-18/h2-8,13H,9-12,14-16H2,1H3/t22-/m0/s1. The van der Waals surface area contributed by atoms with E-state index in [1.807, 2.05) is 23.1 Å². The third kappa shape index (κ3) is 3.69. The van der Waals surface area contributed by atoms with Crippen LogP contribution in [0, 0.1) is 11.2 Å². The van der Waals surface area contributed by atoms with Gasteiger partial charge in [-0.3, -0.25) is 9.69 Å². The zero-order chi connectivity index (χ0) is 18.9. The summed E-state index contributed by atoms with van der Waals surface area (Å²) in [5.41, 5.74) is 1.82. The molecule has 0 radical (unpaired) electrons. The number of rotatable bonds is 5. The summed E-state index contributed by atoms with van der Waals surface area (Å²) in [6.07, 6.45) is 1.79.